The molecular weight excluding hydrogens is 384 g/mol. The second kappa shape index (κ2) is 6.26. The lowest BCUT2D eigenvalue weighted by Gasteiger charge is -2.11. The fraction of sp³-hybridized carbons (Fsp3) is 0. The first kappa shape index (κ1) is 15.2. The van der Waals surface area contributed by atoms with Gasteiger partial charge < -0.3 is 5.32 Å². The SMILES string of the molecule is O=CNc1cc2scc(-c3ccccc3)c2n1-c1cccc(Br)c1. The van der Waals surface area contributed by atoms with Gasteiger partial charge in [-0.2, -0.15) is 0 Å². The Labute approximate surface area is 151 Å². The number of fused-ring (bicyclic) bond motifs is 1. The van der Waals surface area contributed by atoms with Gasteiger partial charge in [0.05, 0.1) is 10.2 Å². The van der Waals surface area contributed by atoms with Crippen molar-refractivity contribution in [2.75, 3.05) is 5.32 Å². The predicted octanol–water partition coefficient (Wildman–Crippen LogP) is 5.69. The van der Waals surface area contributed by atoms with Gasteiger partial charge in [-0.15, -0.1) is 11.3 Å². The van der Waals surface area contributed by atoms with Crippen molar-refractivity contribution in [1.29, 1.82) is 0 Å². The third-order valence-corrected chi connectivity index (χ3v) is 5.29. The van der Waals surface area contributed by atoms with E-state index in [9.17, 15) is 4.79 Å². The topological polar surface area (TPSA) is 34.0 Å². The fourth-order valence-corrected chi connectivity index (χ4v) is 4.25. The first-order valence-electron chi connectivity index (χ1n) is 7.42. The zero-order chi connectivity index (χ0) is 16.5. The van der Waals surface area contributed by atoms with Crippen LogP contribution in [-0.2, 0) is 4.79 Å². The molecule has 0 atom stereocenters. The van der Waals surface area contributed by atoms with Crippen molar-refractivity contribution in [3.8, 4) is 16.8 Å². The monoisotopic (exact) mass is 396 g/mol. The summed E-state index contributed by atoms with van der Waals surface area (Å²) in [4.78, 5) is 11.0. The normalized spacial score (nSPS) is 10.9. The second-order valence-electron chi connectivity index (χ2n) is 5.34. The number of carbonyl (C=O) groups excluding carboxylic acids is 1. The van der Waals surface area contributed by atoms with Gasteiger partial charge in [-0.3, -0.25) is 9.36 Å². The van der Waals surface area contributed by atoms with Crippen molar-refractivity contribution in [2.24, 2.45) is 0 Å². The van der Waals surface area contributed by atoms with Crippen molar-refractivity contribution >= 4 is 49.7 Å². The van der Waals surface area contributed by atoms with Crippen LogP contribution in [0.15, 0.2) is 70.5 Å². The molecule has 0 aliphatic rings. The van der Waals surface area contributed by atoms with Crippen molar-refractivity contribution in [2.45, 2.75) is 0 Å². The number of anilines is 1. The van der Waals surface area contributed by atoms with Gasteiger partial charge in [0, 0.05) is 21.1 Å². The Balaban J connectivity index is 2.03. The van der Waals surface area contributed by atoms with Crippen LogP contribution in [0.4, 0.5) is 5.82 Å². The number of hydrogen-bond donors (Lipinski definition) is 1. The highest BCUT2D eigenvalue weighted by Gasteiger charge is 2.17. The van der Waals surface area contributed by atoms with E-state index in [4.69, 9.17) is 0 Å². The van der Waals surface area contributed by atoms with E-state index >= 15 is 0 Å². The highest BCUT2D eigenvalue weighted by Crippen LogP contribution is 2.39. The van der Waals surface area contributed by atoms with Crippen molar-refractivity contribution in [3.63, 3.8) is 0 Å². The average molecular weight is 397 g/mol. The Kier molecular flexibility index (Phi) is 3.96. The molecule has 2 heterocycles. The van der Waals surface area contributed by atoms with E-state index in [-0.39, 0.29) is 0 Å². The number of rotatable bonds is 4. The van der Waals surface area contributed by atoms with Crippen LogP contribution >= 0.6 is 27.3 Å². The summed E-state index contributed by atoms with van der Waals surface area (Å²) < 4.78 is 4.22. The number of thiophene rings is 1. The molecule has 118 valence electrons. The predicted molar refractivity (Wildman–Crippen MR) is 104 cm³/mol. The lowest BCUT2D eigenvalue weighted by atomic mass is 10.1. The number of aromatic nitrogens is 1. The third-order valence-electron chi connectivity index (χ3n) is 3.88. The van der Waals surface area contributed by atoms with Gasteiger partial charge in [-0.1, -0.05) is 52.3 Å². The Morgan fingerprint density at radius 2 is 1.88 bits per heavy atom. The standard InChI is InChI=1S/C19H13BrN2OS/c20-14-7-4-8-15(9-14)22-18(21-12-23)10-17-19(22)16(11-24-17)13-5-2-1-3-6-13/h1-12H,(H,21,23). The maximum Gasteiger partial charge on any atom is 0.212 e. The Morgan fingerprint density at radius 3 is 2.62 bits per heavy atom. The molecule has 0 aliphatic carbocycles. The van der Waals surface area contributed by atoms with Crippen LogP contribution in [0.3, 0.4) is 0 Å². The minimum Gasteiger partial charge on any atom is -0.314 e. The van der Waals surface area contributed by atoms with Gasteiger partial charge >= 0.3 is 0 Å². The van der Waals surface area contributed by atoms with E-state index in [0.29, 0.717) is 0 Å². The molecule has 0 unspecified atom stereocenters. The van der Waals surface area contributed by atoms with Gasteiger partial charge in [0.15, 0.2) is 0 Å². The lowest BCUT2D eigenvalue weighted by Crippen LogP contribution is -2.03. The van der Waals surface area contributed by atoms with Gasteiger partial charge in [-0.25, -0.2) is 0 Å². The Hall–Kier alpha value is -2.37. The average Bonchev–Trinajstić information content (AvgIpc) is 3.14. The quantitative estimate of drug-likeness (QED) is 0.441. The van der Waals surface area contributed by atoms with Crippen LogP contribution < -0.4 is 5.32 Å². The number of nitrogens with zero attached hydrogens (tertiary/aromatic N) is 1. The van der Waals surface area contributed by atoms with Gasteiger partial charge in [-0.05, 0) is 29.8 Å². The molecule has 1 amide bonds. The highest BCUT2D eigenvalue weighted by atomic mass is 79.9. The molecule has 1 N–H and O–H groups in total. The number of nitrogens with one attached hydrogen (secondary N) is 1. The third kappa shape index (κ3) is 2.56. The molecule has 0 bridgehead atoms. The van der Waals surface area contributed by atoms with E-state index in [0.717, 1.165) is 43.7 Å². The molecule has 0 radical (unpaired) electrons. The zero-order valence-electron chi connectivity index (χ0n) is 12.6. The summed E-state index contributed by atoms with van der Waals surface area (Å²) in [6, 6.07) is 20.4. The molecular formula is C19H13BrN2OS. The van der Waals surface area contributed by atoms with Crippen LogP contribution in [0.2, 0.25) is 0 Å². The van der Waals surface area contributed by atoms with E-state index in [1.807, 2.05) is 48.5 Å². The second-order valence-corrected chi connectivity index (χ2v) is 7.16. The summed E-state index contributed by atoms with van der Waals surface area (Å²) >= 11 is 5.21. The zero-order valence-corrected chi connectivity index (χ0v) is 15.0. The lowest BCUT2D eigenvalue weighted by molar-refractivity contribution is -0.105. The largest absolute Gasteiger partial charge is 0.314 e. The highest BCUT2D eigenvalue weighted by molar-refractivity contribution is 9.10. The maximum absolute atomic E-state index is 11.0. The summed E-state index contributed by atoms with van der Waals surface area (Å²) in [5, 5.41) is 4.99. The number of carbonyl (C=O) groups is 1. The molecule has 5 heteroatoms. The molecule has 3 nitrogen and oxygen atoms in total. The molecule has 0 saturated carbocycles. The van der Waals surface area contributed by atoms with Gasteiger partial charge in [0.2, 0.25) is 6.41 Å². The maximum atomic E-state index is 11.0. The molecule has 0 saturated heterocycles. The van der Waals surface area contributed by atoms with Crippen LogP contribution in [0.1, 0.15) is 0 Å². The fourth-order valence-electron chi connectivity index (χ4n) is 2.88. The van der Waals surface area contributed by atoms with E-state index in [1.54, 1.807) is 11.3 Å². The van der Waals surface area contributed by atoms with Crippen molar-refractivity contribution < 1.29 is 4.79 Å². The number of halogens is 1. The summed E-state index contributed by atoms with van der Waals surface area (Å²) in [7, 11) is 0. The minimum atomic E-state index is 0.718. The summed E-state index contributed by atoms with van der Waals surface area (Å²) in [5.74, 6) is 0.766. The molecule has 4 aromatic rings. The molecule has 4 rings (SSSR count). The van der Waals surface area contributed by atoms with Crippen molar-refractivity contribution in [1.82, 2.24) is 4.57 Å². The van der Waals surface area contributed by atoms with Crippen LogP contribution in [-0.4, -0.2) is 11.0 Å². The van der Waals surface area contributed by atoms with E-state index < -0.39 is 0 Å². The van der Waals surface area contributed by atoms with Crippen LogP contribution in [0.5, 0.6) is 0 Å². The summed E-state index contributed by atoms with van der Waals surface area (Å²) in [5.41, 5.74) is 4.43. The Bertz CT molecular complexity index is 1020. The Morgan fingerprint density at radius 1 is 1.04 bits per heavy atom. The smallest absolute Gasteiger partial charge is 0.212 e. The van der Waals surface area contributed by atoms with Crippen LogP contribution in [0, 0.1) is 0 Å². The first-order chi connectivity index (χ1) is 11.8. The molecule has 2 aromatic carbocycles. The molecule has 24 heavy (non-hydrogen) atoms. The first-order valence-corrected chi connectivity index (χ1v) is 9.09. The van der Waals surface area contributed by atoms with Gasteiger partial charge in [0.1, 0.15) is 5.82 Å². The van der Waals surface area contributed by atoms with Crippen LogP contribution in [0.25, 0.3) is 27.0 Å². The number of hydrogen-bond acceptors (Lipinski definition) is 2. The van der Waals surface area contributed by atoms with E-state index in [2.05, 4.69) is 43.3 Å². The molecule has 0 spiro atoms. The molecule has 0 fully saturated rings. The molecule has 0 aliphatic heterocycles. The summed E-state index contributed by atoms with van der Waals surface area (Å²) in [6.07, 6.45) is 0.718. The van der Waals surface area contributed by atoms with Crippen molar-refractivity contribution in [3.05, 3.63) is 70.5 Å². The number of amides is 1. The minimum absolute atomic E-state index is 0.718. The molecule has 2 aromatic heterocycles. The number of benzene rings is 2. The summed E-state index contributed by atoms with van der Waals surface area (Å²) in [6.45, 7) is 0. The van der Waals surface area contributed by atoms with E-state index in [1.165, 1.54) is 0 Å². The van der Waals surface area contributed by atoms with Gasteiger partial charge in [0.25, 0.3) is 0 Å².